The first kappa shape index (κ1) is 20.4. The molecule has 0 aliphatic heterocycles. The van der Waals surface area contributed by atoms with E-state index in [-0.39, 0.29) is 24.2 Å². The zero-order valence-electron chi connectivity index (χ0n) is 15.4. The molecule has 0 radical (unpaired) electrons. The highest BCUT2D eigenvalue weighted by Gasteiger charge is 2.12. The van der Waals surface area contributed by atoms with Crippen molar-refractivity contribution in [1.29, 1.82) is 0 Å². The minimum Gasteiger partial charge on any atom is -0.376 e. The molecule has 29 heavy (non-hydrogen) atoms. The molecule has 0 fully saturated rings. The van der Waals surface area contributed by atoms with E-state index in [1.165, 1.54) is 12.1 Å². The normalized spacial score (nSPS) is 10.3. The smallest absolute Gasteiger partial charge is 0.257 e. The van der Waals surface area contributed by atoms with Gasteiger partial charge < -0.3 is 16.0 Å². The van der Waals surface area contributed by atoms with Gasteiger partial charge in [0.2, 0.25) is 5.91 Å². The number of carbonyl (C=O) groups is 2. The molecule has 148 valence electrons. The van der Waals surface area contributed by atoms with Gasteiger partial charge in [0.05, 0.1) is 12.1 Å². The van der Waals surface area contributed by atoms with Crippen molar-refractivity contribution >= 4 is 34.8 Å². The Balaban J connectivity index is 1.56. The third-order valence-electron chi connectivity index (χ3n) is 4.12. The van der Waals surface area contributed by atoms with Crippen molar-refractivity contribution in [3.05, 3.63) is 94.8 Å². The van der Waals surface area contributed by atoms with Crippen LogP contribution in [0.15, 0.2) is 72.8 Å². The molecule has 0 atom stereocenters. The van der Waals surface area contributed by atoms with Crippen molar-refractivity contribution in [2.24, 2.45) is 0 Å². The van der Waals surface area contributed by atoms with Crippen LogP contribution in [0.25, 0.3) is 0 Å². The van der Waals surface area contributed by atoms with Crippen LogP contribution in [0.2, 0.25) is 5.02 Å². The lowest BCUT2D eigenvalue weighted by Gasteiger charge is -2.12. The minimum absolute atomic E-state index is 0.00751. The van der Waals surface area contributed by atoms with Gasteiger partial charge in [-0.2, -0.15) is 0 Å². The van der Waals surface area contributed by atoms with Gasteiger partial charge in [0, 0.05) is 22.9 Å². The molecule has 2 amide bonds. The third-order valence-corrected chi connectivity index (χ3v) is 4.37. The highest BCUT2D eigenvalue weighted by Crippen LogP contribution is 2.18. The number of hydrogen-bond acceptors (Lipinski definition) is 3. The summed E-state index contributed by atoms with van der Waals surface area (Å²) >= 11 is 5.86. The maximum absolute atomic E-state index is 12.9. The van der Waals surface area contributed by atoms with Gasteiger partial charge in [0.25, 0.3) is 5.91 Å². The minimum atomic E-state index is -0.324. The van der Waals surface area contributed by atoms with E-state index in [0.717, 1.165) is 5.56 Å². The molecular weight excluding hydrogens is 393 g/mol. The second-order valence-corrected chi connectivity index (χ2v) is 6.70. The molecule has 0 bridgehead atoms. The Morgan fingerprint density at radius 3 is 2.31 bits per heavy atom. The van der Waals surface area contributed by atoms with Gasteiger partial charge in [-0.3, -0.25) is 9.59 Å². The molecule has 0 spiro atoms. The van der Waals surface area contributed by atoms with Gasteiger partial charge in [-0.05, 0) is 54.1 Å². The van der Waals surface area contributed by atoms with Gasteiger partial charge >= 0.3 is 0 Å². The van der Waals surface area contributed by atoms with E-state index < -0.39 is 0 Å². The van der Waals surface area contributed by atoms with E-state index in [9.17, 15) is 14.0 Å². The van der Waals surface area contributed by atoms with Gasteiger partial charge in [-0.15, -0.1) is 0 Å². The van der Waals surface area contributed by atoms with Crippen molar-refractivity contribution in [2.45, 2.75) is 6.54 Å². The Hall–Kier alpha value is -3.38. The molecule has 0 heterocycles. The quantitative estimate of drug-likeness (QED) is 0.537. The lowest BCUT2D eigenvalue weighted by molar-refractivity contribution is -0.119. The number of anilines is 2. The van der Waals surface area contributed by atoms with Crippen molar-refractivity contribution in [1.82, 2.24) is 5.32 Å². The Morgan fingerprint density at radius 1 is 0.897 bits per heavy atom. The molecule has 3 N–H and O–H groups in total. The van der Waals surface area contributed by atoms with Crippen LogP contribution in [-0.2, 0) is 11.3 Å². The lowest BCUT2D eigenvalue weighted by atomic mass is 10.1. The van der Waals surface area contributed by atoms with Gasteiger partial charge in [-0.25, -0.2) is 4.39 Å². The second-order valence-electron chi connectivity index (χ2n) is 6.26. The largest absolute Gasteiger partial charge is 0.376 e. The lowest BCUT2D eigenvalue weighted by Crippen LogP contribution is -2.30. The summed E-state index contributed by atoms with van der Waals surface area (Å²) in [7, 11) is 0. The summed E-state index contributed by atoms with van der Waals surface area (Å²) in [6, 6.07) is 19.6. The Bertz CT molecular complexity index is 992. The van der Waals surface area contributed by atoms with Crippen LogP contribution in [0.3, 0.4) is 0 Å². The Labute approximate surface area is 172 Å². The molecule has 0 saturated heterocycles. The first-order chi connectivity index (χ1) is 14.0. The molecule has 0 saturated carbocycles. The zero-order valence-corrected chi connectivity index (χ0v) is 16.2. The zero-order chi connectivity index (χ0) is 20.6. The second kappa shape index (κ2) is 9.71. The summed E-state index contributed by atoms with van der Waals surface area (Å²) in [5.41, 5.74) is 2.36. The molecule has 3 aromatic rings. The molecule has 0 unspecified atom stereocenters. The van der Waals surface area contributed by atoms with Crippen LogP contribution in [0.5, 0.6) is 0 Å². The fourth-order valence-corrected chi connectivity index (χ4v) is 2.73. The summed E-state index contributed by atoms with van der Waals surface area (Å²) < 4.78 is 12.9. The van der Waals surface area contributed by atoms with Crippen LogP contribution >= 0.6 is 11.6 Å². The van der Waals surface area contributed by atoms with E-state index in [2.05, 4.69) is 16.0 Å². The van der Waals surface area contributed by atoms with E-state index in [1.54, 1.807) is 60.7 Å². The summed E-state index contributed by atoms with van der Waals surface area (Å²) in [5, 5.41) is 9.10. The van der Waals surface area contributed by atoms with E-state index >= 15 is 0 Å². The molecule has 3 rings (SSSR count). The fourth-order valence-electron chi connectivity index (χ4n) is 2.61. The number of para-hydroxylation sites is 1. The van der Waals surface area contributed by atoms with E-state index in [0.29, 0.717) is 28.5 Å². The maximum atomic E-state index is 12.9. The first-order valence-electron chi connectivity index (χ1n) is 8.92. The molecule has 3 aromatic carbocycles. The standard InChI is InChI=1S/C22H19ClFN3O2/c23-16-7-11-18(12-8-16)27-22(29)19-3-1-2-4-20(19)25-14-21(28)26-13-15-5-9-17(24)10-6-15/h1-12,25H,13-14H2,(H,26,28)(H,27,29). The molecule has 7 heteroatoms. The highest BCUT2D eigenvalue weighted by molar-refractivity contribution is 6.30. The van der Waals surface area contributed by atoms with Crippen molar-refractivity contribution in [2.75, 3.05) is 17.2 Å². The molecule has 0 aliphatic carbocycles. The Kier molecular flexibility index (Phi) is 6.81. The average Bonchev–Trinajstić information content (AvgIpc) is 2.73. The van der Waals surface area contributed by atoms with Crippen molar-refractivity contribution < 1.29 is 14.0 Å². The number of benzene rings is 3. The fraction of sp³-hybridized carbons (Fsp3) is 0.0909. The van der Waals surface area contributed by atoms with Crippen LogP contribution in [0.4, 0.5) is 15.8 Å². The monoisotopic (exact) mass is 411 g/mol. The van der Waals surface area contributed by atoms with E-state index in [1.807, 2.05) is 0 Å². The van der Waals surface area contributed by atoms with E-state index in [4.69, 9.17) is 11.6 Å². The summed E-state index contributed by atoms with van der Waals surface area (Å²) in [6.07, 6.45) is 0. The number of amides is 2. The number of halogens is 2. The van der Waals surface area contributed by atoms with Crippen LogP contribution in [0, 0.1) is 5.82 Å². The van der Waals surface area contributed by atoms with Crippen LogP contribution < -0.4 is 16.0 Å². The van der Waals surface area contributed by atoms with Crippen molar-refractivity contribution in [3.8, 4) is 0 Å². The number of hydrogen-bond donors (Lipinski definition) is 3. The van der Waals surface area contributed by atoms with Gasteiger partial charge in [0.15, 0.2) is 0 Å². The molecule has 0 aliphatic rings. The summed E-state index contributed by atoms with van der Waals surface area (Å²) in [6.45, 7) is 0.284. The molecule has 5 nitrogen and oxygen atoms in total. The Morgan fingerprint density at radius 2 is 1.59 bits per heavy atom. The van der Waals surface area contributed by atoms with Gasteiger partial charge in [0.1, 0.15) is 5.82 Å². The molecular formula is C22H19ClFN3O2. The number of nitrogens with one attached hydrogen (secondary N) is 3. The van der Waals surface area contributed by atoms with Crippen LogP contribution in [-0.4, -0.2) is 18.4 Å². The van der Waals surface area contributed by atoms with Gasteiger partial charge in [-0.1, -0.05) is 35.9 Å². The maximum Gasteiger partial charge on any atom is 0.257 e. The summed E-state index contributed by atoms with van der Waals surface area (Å²) in [4.78, 5) is 24.7. The predicted octanol–water partition coefficient (Wildman–Crippen LogP) is 4.46. The highest BCUT2D eigenvalue weighted by atomic mass is 35.5. The first-order valence-corrected chi connectivity index (χ1v) is 9.30. The SMILES string of the molecule is O=C(CNc1ccccc1C(=O)Nc1ccc(Cl)cc1)NCc1ccc(F)cc1. The van der Waals surface area contributed by atoms with Crippen LogP contribution in [0.1, 0.15) is 15.9 Å². The molecule has 0 aromatic heterocycles. The summed E-state index contributed by atoms with van der Waals surface area (Å²) in [5.74, 6) is -0.875. The predicted molar refractivity (Wildman–Crippen MR) is 113 cm³/mol. The van der Waals surface area contributed by atoms with Crippen molar-refractivity contribution in [3.63, 3.8) is 0 Å². The third kappa shape index (κ3) is 6.05. The number of rotatable bonds is 7. The average molecular weight is 412 g/mol. The number of carbonyl (C=O) groups excluding carboxylic acids is 2. The topological polar surface area (TPSA) is 70.2 Å².